The summed E-state index contributed by atoms with van der Waals surface area (Å²) in [5.41, 5.74) is 3.09. The van der Waals surface area contributed by atoms with Crippen molar-refractivity contribution in [3.8, 4) is 5.75 Å². The van der Waals surface area contributed by atoms with Gasteiger partial charge in [-0.3, -0.25) is 9.78 Å². The predicted octanol–water partition coefficient (Wildman–Crippen LogP) is 6.96. The second kappa shape index (κ2) is 10.6. The molecular formula is C27H33F3N4O3. The molecule has 200 valence electrons. The van der Waals surface area contributed by atoms with E-state index < -0.39 is 6.36 Å². The summed E-state index contributed by atoms with van der Waals surface area (Å²) >= 11 is 0. The number of fused-ring (bicyclic) bond motifs is 1. The molecule has 1 aliphatic rings. The molecule has 0 spiro atoms. The Labute approximate surface area is 214 Å². The number of nitrogens with one attached hydrogen (secondary N) is 1. The van der Waals surface area contributed by atoms with Crippen LogP contribution in [0, 0.1) is 11.3 Å². The maximum atomic E-state index is 12.5. The van der Waals surface area contributed by atoms with Crippen LogP contribution in [0.3, 0.4) is 0 Å². The van der Waals surface area contributed by atoms with Crippen LogP contribution in [0.25, 0.3) is 11.0 Å². The number of rotatable bonds is 8. The predicted molar refractivity (Wildman–Crippen MR) is 135 cm³/mol. The average molecular weight is 519 g/mol. The zero-order valence-corrected chi connectivity index (χ0v) is 21.6. The summed E-state index contributed by atoms with van der Waals surface area (Å²) in [5, 5.41) is 3.29. The Morgan fingerprint density at radius 3 is 2.59 bits per heavy atom. The molecule has 1 saturated carbocycles. The second-order valence-corrected chi connectivity index (χ2v) is 10.5. The first-order valence-electron chi connectivity index (χ1n) is 12.6. The Morgan fingerprint density at radius 1 is 1.22 bits per heavy atom. The van der Waals surface area contributed by atoms with Crippen molar-refractivity contribution in [3.63, 3.8) is 0 Å². The van der Waals surface area contributed by atoms with Crippen molar-refractivity contribution in [1.82, 2.24) is 14.5 Å². The summed E-state index contributed by atoms with van der Waals surface area (Å²) < 4.78 is 48.8. The third-order valence-corrected chi connectivity index (χ3v) is 6.60. The fraction of sp³-hybridized carbons (Fsp3) is 0.519. The van der Waals surface area contributed by atoms with Gasteiger partial charge in [-0.15, -0.1) is 13.2 Å². The smallest absolute Gasteiger partial charge is 0.466 e. The van der Waals surface area contributed by atoms with Crippen LogP contribution in [0.15, 0.2) is 36.5 Å². The van der Waals surface area contributed by atoms with Crippen molar-refractivity contribution in [2.24, 2.45) is 11.3 Å². The number of aromatic nitrogens is 3. The minimum absolute atomic E-state index is 0.153. The van der Waals surface area contributed by atoms with E-state index in [0.29, 0.717) is 30.6 Å². The molecule has 0 unspecified atom stereocenters. The van der Waals surface area contributed by atoms with E-state index in [1.165, 1.54) is 24.3 Å². The van der Waals surface area contributed by atoms with E-state index in [1.54, 1.807) is 13.1 Å². The minimum atomic E-state index is -4.74. The Kier molecular flexibility index (Phi) is 7.66. The SMILES string of the molecule is CCOC(=O)CCc1cc2nc(Nc3ccc(OC(F)(F)F)cc3)n([C@H]3C[C@@H](C)CC(C)(C)C3)c2cn1. The number of halogens is 3. The van der Waals surface area contributed by atoms with Gasteiger partial charge in [-0.05, 0) is 67.9 Å². The van der Waals surface area contributed by atoms with E-state index in [0.717, 1.165) is 36.0 Å². The van der Waals surface area contributed by atoms with Crippen molar-refractivity contribution in [3.05, 3.63) is 42.2 Å². The zero-order valence-electron chi connectivity index (χ0n) is 21.6. The lowest BCUT2D eigenvalue weighted by Gasteiger charge is -2.40. The number of carbonyl (C=O) groups is 1. The first-order chi connectivity index (χ1) is 17.4. The molecule has 4 rings (SSSR count). The topological polar surface area (TPSA) is 78.3 Å². The number of carbonyl (C=O) groups excluding carboxylic acids is 1. The first-order valence-corrected chi connectivity index (χ1v) is 12.6. The number of hydrogen-bond acceptors (Lipinski definition) is 6. The fourth-order valence-electron chi connectivity index (χ4n) is 5.46. The monoisotopic (exact) mass is 518 g/mol. The van der Waals surface area contributed by atoms with E-state index in [2.05, 4.69) is 40.4 Å². The molecule has 1 fully saturated rings. The summed E-state index contributed by atoms with van der Waals surface area (Å²) in [5.74, 6) is 0.562. The Bertz CT molecular complexity index is 1240. The van der Waals surface area contributed by atoms with E-state index in [-0.39, 0.29) is 29.6 Å². The van der Waals surface area contributed by atoms with Crippen LogP contribution in [0.1, 0.15) is 65.1 Å². The molecule has 0 saturated heterocycles. The number of pyridine rings is 1. The average Bonchev–Trinajstić information content (AvgIpc) is 3.14. The molecule has 10 heteroatoms. The summed E-state index contributed by atoms with van der Waals surface area (Å²) in [6, 6.07) is 7.65. The van der Waals surface area contributed by atoms with Gasteiger partial charge in [0.2, 0.25) is 5.95 Å². The van der Waals surface area contributed by atoms with Gasteiger partial charge in [-0.1, -0.05) is 20.8 Å². The largest absolute Gasteiger partial charge is 0.573 e. The molecule has 0 radical (unpaired) electrons. The molecule has 7 nitrogen and oxygen atoms in total. The van der Waals surface area contributed by atoms with Crippen LogP contribution in [0.5, 0.6) is 5.75 Å². The molecular weight excluding hydrogens is 485 g/mol. The molecule has 1 aromatic carbocycles. The molecule has 2 heterocycles. The normalized spacial score (nSPS) is 19.5. The van der Waals surface area contributed by atoms with Gasteiger partial charge in [-0.2, -0.15) is 0 Å². The summed E-state index contributed by atoms with van der Waals surface area (Å²) in [6.07, 6.45) is 0.798. The van der Waals surface area contributed by atoms with Crippen molar-refractivity contribution >= 4 is 28.6 Å². The summed E-state index contributed by atoms with van der Waals surface area (Å²) in [4.78, 5) is 21.2. The van der Waals surface area contributed by atoms with E-state index in [9.17, 15) is 18.0 Å². The van der Waals surface area contributed by atoms with Crippen molar-refractivity contribution in [2.75, 3.05) is 11.9 Å². The highest BCUT2D eigenvalue weighted by molar-refractivity contribution is 5.80. The number of hydrogen-bond donors (Lipinski definition) is 1. The van der Waals surface area contributed by atoms with Crippen molar-refractivity contribution in [1.29, 1.82) is 0 Å². The number of imidazole rings is 1. The quantitative estimate of drug-likeness (QED) is 0.325. The molecule has 2 aromatic heterocycles. The first kappa shape index (κ1) is 26.8. The van der Waals surface area contributed by atoms with Crippen LogP contribution < -0.4 is 10.1 Å². The lowest BCUT2D eigenvalue weighted by molar-refractivity contribution is -0.274. The van der Waals surface area contributed by atoms with Gasteiger partial charge in [-0.25, -0.2) is 4.98 Å². The van der Waals surface area contributed by atoms with Crippen LogP contribution in [0.4, 0.5) is 24.8 Å². The van der Waals surface area contributed by atoms with E-state index in [1.807, 2.05) is 6.07 Å². The van der Waals surface area contributed by atoms with E-state index >= 15 is 0 Å². The van der Waals surface area contributed by atoms with Gasteiger partial charge >= 0.3 is 12.3 Å². The highest BCUT2D eigenvalue weighted by Crippen LogP contribution is 2.46. The summed E-state index contributed by atoms with van der Waals surface area (Å²) in [6.45, 7) is 8.91. The number of esters is 1. The maximum Gasteiger partial charge on any atom is 0.573 e. The molecule has 1 aliphatic carbocycles. The van der Waals surface area contributed by atoms with E-state index in [4.69, 9.17) is 9.72 Å². The maximum absolute atomic E-state index is 12.5. The number of anilines is 2. The molecule has 2 atom stereocenters. The molecule has 0 amide bonds. The van der Waals surface area contributed by atoms with Gasteiger partial charge < -0.3 is 19.4 Å². The minimum Gasteiger partial charge on any atom is -0.466 e. The lowest BCUT2D eigenvalue weighted by Crippen LogP contribution is -2.29. The summed E-state index contributed by atoms with van der Waals surface area (Å²) in [7, 11) is 0. The molecule has 1 N–H and O–H groups in total. The second-order valence-electron chi connectivity index (χ2n) is 10.5. The molecule has 0 aliphatic heterocycles. The highest BCUT2D eigenvalue weighted by Gasteiger charge is 2.35. The standard InChI is InChI=1S/C27H33F3N4O3/c1-5-36-24(35)11-8-19-13-22-23(16-31-19)34(20-12-17(2)14-26(3,4)15-20)25(33-22)32-18-6-9-21(10-7-18)37-27(28,29)30/h6-7,9-10,13,16-17,20H,5,8,11-12,14-15H2,1-4H3,(H,32,33)/t17-,20+/m1/s1. The van der Waals surface area contributed by atoms with Gasteiger partial charge in [0.05, 0.1) is 30.3 Å². The molecule has 37 heavy (non-hydrogen) atoms. The van der Waals surface area contributed by atoms with Crippen LogP contribution in [-0.2, 0) is 16.0 Å². The van der Waals surface area contributed by atoms with Crippen LogP contribution >= 0.6 is 0 Å². The van der Waals surface area contributed by atoms with Crippen LogP contribution in [-0.4, -0.2) is 33.5 Å². The van der Waals surface area contributed by atoms with Gasteiger partial charge in [0.25, 0.3) is 0 Å². The van der Waals surface area contributed by atoms with Gasteiger partial charge in [0, 0.05) is 23.8 Å². The fourth-order valence-corrected chi connectivity index (χ4v) is 5.46. The number of aryl methyl sites for hydroxylation is 1. The van der Waals surface area contributed by atoms with Crippen LogP contribution in [0.2, 0.25) is 0 Å². The number of ether oxygens (including phenoxy) is 2. The van der Waals surface area contributed by atoms with Gasteiger partial charge in [0.15, 0.2) is 0 Å². The lowest BCUT2D eigenvalue weighted by atomic mass is 9.70. The highest BCUT2D eigenvalue weighted by atomic mass is 19.4. The number of nitrogens with zero attached hydrogens (tertiary/aromatic N) is 3. The number of benzene rings is 1. The third-order valence-electron chi connectivity index (χ3n) is 6.60. The number of alkyl halides is 3. The van der Waals surface area contributed by atoms with Gasteiger partial charge in [0.1, 0.15) is 5.75 Å². The third kappa shape index (κ3) is 6.93. The Balaban J connectivity index is 1.66. The molecule has 3 aromatic rings. The Hall–Kier alpha value is -3.30. The van der Waals surface area contributed by atoms with Crippen molar-refractivity contribution in [2.45, 2.75) is 72.2 Å². The van der Waals surface area contributed by atoms with Crippen molar-refractivity contribution < 1.29 is 27.4 Å². The zero-order chi connectivity index (χ0) is 26.8. The molecule has 0 bridgehead atoms. The Morgan fingerprint density at radius 2 is 1.95 bits per heavy atom.